The Morgan fingerprint density at radius 2 is 2.17 bits per heavy atom. The molecular weight excluding hydrogens is 173 g/mol. The molecule has 68 valence electrons. The molecule has 0 spiro atoms. The van der Waals surface area contributed by atoms with E-state index in [4.69, 9.17) is 5.11 Å². The molecule has 1 N–H and O–H groups in total. The van der Waals surface area contributed by atoms with E-state index in [2.05, 4.69) is 5.10 Å². The monoisotopic (exact) mass is 180 g/mol. The van der Waals surface area contributed by atoms with Gasteiger partial charge in [0.25, 0.3) is 0 Å². The van der Waals surface area contributed by atoms with E-state index in [1.54, 1.807) is 0 Å². The number of halogens is 3. The zero-order valence-corrected chi connectivity index (χ0v) is 6.21. The molecule has 1 atom stereocenters. The Labute approximate surface area is 66.4 Å². The molecule has 0 saturated carbocycles. The lowest BCUT2D eigenvalue weighted by Crippen LogP contribution is -2.19. The summed E-state index contributed by atoms with van der Waals surface area (Å²) in [5, 5.41) is 12.2. The van der Waals surface area contributed by atoms with Gasteiger partial charge in [0, 0.05) is 18.8 Å². The van der Waals surface area contributed by atoms with Crippen molar-refractivity contribution in [3.63, 3.8) is 0 Å². The first kappa shape index (κ1) is 9.05. The van der Waals surface area contributed by atoms with Crippen molar-refractivity contribution >= 4 is 0 Å². The van der Waals surface area contributed by atoms with E-state index in [0.717, 1.165) is 12.4 Å². The lowest BCUT2D eigenvalue weighted by molar-refractivity contribution is -0.206. The van der Waals surface area contributed by atoms with Crippen LogP contribution in [0.15, 0.2) is 12.4 Å². The van der Waals surface area contributed by atoms with Crippen LogP contribution in [0.5, 0.6) is 0 Å². The van der Waals surface area contributed by atoms with Crippen LogP contribution in [0.3, 0.4) is 0 Å². The van der Waals surface area contributed by atoms with Crippen LogP contribution in [-0.4, -0.2) is 21.1 Å². The molecule has 1 aromatic heterocycles. The van der Waals surface area contributed by atoms with Crippen molar-refractivity contribution in [2.45, 2.75) is 12.3 Å². The van der Waals surface area contributed by atoms with Crippen molar-refractivity contribution in [3.05, 3.63) is 18.0 Å². The summed E-state index contributed by atoms with van der Waals surface area (Å²) < 4.78 is 36.8. The fourth-order valence-electron chi connectivity index (χ4n) is 0.770. The predicted molar refractivity (Wildman–Crippen MR) is 34.2 cm³/mol. The Hall–Kier alpha value is -1.04. The summed E-state index contributed by atoms with van der Waals surface area (Å²) in [7, 11) is 1.48. The van der Waals surface area contributed by atoms with Crippen molar-refractivity contribution in [2.24, 2.45) is 7.05 Å². The highest BCUT2D eigenvalue weighted by molar-refractivity contribution is 5.09. The normalized spacial score (nSPS) is 14.8. The standard InChI is InChI=1S/C6H7F3N2O/c1-11-3-4(2-10-11)5(12)6(7,8)9/h2-3,5,12H,1H3. The van der Waals surface area contributed by atoms with Gasteiger partial charge in [-0.2, -0.15) is 18.3 Å². The molecule has 0 radical (unpaired) electrons. The lowest BCUT2D eigenvalue weighted by Gasteiger charge is -2.11. The predicted octanol–water partition coefficient (Wildman–Crippen LogP) is 1.02. The first-order chi connectivity index (χ1) is 5.41. The minimum atomic E-state index is -4.62. The van der Waals surface area contributed by atoms with E-state index in [1.165, 1.54) is 11.7 Å². The summed E-state index contributed by atoms with van der Waals surface area (Å²) in [6.07, 6.45) is -4.95. The molecule has 1 aromatic rings. The quantitative estimate of drug-likeness (QED) is 0.700. The molecule has 0 bridgehead atoms. The number of aryl methyl sites for hydroxylation is 1. The van der Waals surface area contributed by atoms with Crippen LogP contribution in [-0.2, 0) is 7.05 Å². The number of aromatic nitrogens is 2. The van der Waals surface area contributed by atoms with Crippen molar-refractivity contribution in [3.8, 4) is 0 Å². The first-order valence-electron chi connectivity index (χ1n) is 3.14. The maximum atomic E-state index is 11.9. The van der Waals surface area contributed by atoms with Crippen molar-refractivity contribution in [1.29, 1.82) is 0 Å². The number of hydrogen-bond donors (Lipinski definition) is 1. The number of aliphatic hydroxyl groups is 1. The Bertz CT molecular complexity index is 268. The molecule has 0 fully saturated rings. The summed E-state index contributed by atoms with van der Waals surface area (Å²) in [6.45, 7) is 0. The Morgan fingerprint density at radius 1 is 1.58 bits per heavy atom. The summed E-state index contributed by atoms with van der Waals surface area (Å²) in [4.78, 5) is 0. The molecule has 3 nitrogen and oxygen atoms in total. The molecule has 6 heteroatoms. The van der Waals surface area contributed by atoms with E-state index in [9.17, 15) is 13.2 Å². The lowest BCUT2D eigenvalue weighted by atomic mass is 10.2. The van der Waals surface area contributed by atoms with E-state index < -0.39 is 12.3 Å². The third-order valence-electron chi connectivity index (χ3n) is 1.35. The largest absolute Gasteiger partial charge is 0.418 e. The van der Waals surface area contributed by atoms with E-state index >= 15 is 0 Å². The molecule has 1 rings (SSSR count). The second kappa shape index (κ2) is 2.78. The summed E-state index contributed by atoms with van der Waals surface area (Å²) in [5.74, 6) is 0. The van der Waals surface area contributed by atoms with Gasteiger partial charge in [0.1, 0.15) is 0 Å². The van der Waals surface area contributed by atoms with Crippen molar-refractivity contribution < 1.29 is 18.3 Å². The highest BCUT2D eigenvalue weighted by atomic mass is 19.4. The fraction of sp³-hybridized carbons (Fsp3) is 0.500. The van der Waals surface area contributed by atoms with Crippen LogP contribution in [0.2, 0.25) is 0 Å². The van der Waals surface area contributed by atoms with Gasteiger partial charge >= 0.3 is 6.18 Å². The average molecular weight is 180 g/mol. The SMILES string of the molecule is Cn1cc(C(O)C(F)(F)F)cn1. The van der Waals surface area contributed by atoms with Gasteiger partial charge in [-0.05, 0) is 0 Å². The van der Waals surface area contributed by atoms with Crippen LogP contribution in [0.25, 0.3) is 0 Å². The van der Waals surface area contributed by atoms with Crippen molar-refractivity contribution in [2.75, 3.05) is 0 Å². The van der Waals surface area contributed by atoms with E-state index in [-0.39, 0.29) is 5.56 Å². The molecule has 0 saturated heterocycles. The highest BCUT2D eigenvalue weighted by Gasteiger charge is 2.39. The van der Waals surface area contributed by atoms with Crippen LogP contribution >= 0.6 is 0 Å². The number of rotatable bonds is 1. The van der Waals surface area contributed by atoms with Gasteiger partial charge in [-0.1, -0.05) is 0 Å². The molecule has 0 aliphatic heterocycles. The number of alkyl halides is 3. The second-order valence-corrected chi connectivity index (χ2v) is 2.39. The van der Waals surface area contributed by atoms with Gasteiger partial charge in [-0.25, -0.2) is 0 Å². The van der Waals surface area contributed by atoms with Crippen molar-refractivity contribution in [1.82, 2.24) is 9.78 Å². The number of aliphatic hydroxyl groups excluding tert-OH is 1. The first-order valence-corrected chi connectivity index (χ1v) is 3.14. The van der Waals surface area contributed by atoms with Gasteiger partial charge in [0.15, 0.2) is 6.10 Å². The van der Waals surface area contributed by atoms with E-state index in [0.29, 0.717) is 0 Å². The molecular formula is C6H7F3N2O. The third kappa shape index (κ3) is 1.76. The maximum absolute atomic E-state index is 11.9. The third-order valence-corrected chi connectivity index (χ3v) is 1.35. The molecule has 0 aromatic carbocycles. The minimum Gasteiger partial charge on any atom is -0.379 e. The molecule has 12 heavy (non-hydrogen) atoms. The summed E-state index contributed by atoms with van der Waals surface area (Å²) in [6, 6.07) is 0. The van der Waals surface area contributed by atoms with Gasteiger partial charge in [-0.3, -0.25) is 4.68 Å². The van der Waals surface area contributed by atoms with Crippen LogP contribution < -0.4 is 0 Å². The zero-order valence-electron chi connectivity index (χ0n) is 6.21. The smallest absolute Gasteiger partial charge is 0.379 e. The van der Waals surface area contributed by atoms with Gasteiger partial charge in [0.05, 0.1) is 6.20 Å². The summed E-state index contributed by atoms with van der Waals surface area (Å²) in [5.41, 5.74) is -0.245. The average Bonchev–Trinajstić information content (AvgIpc) is 2.32. The zero-order chi connectivity index (χ0) is 9.35. The Kier molecular flexibility index (Phi) is 2.10. The molecule has 1 heterocycles. The van der Waals surface area contributed by atoms with Crippen LogP contribution in [0.1, 0.15) is 11.7 Å². The summed E-state index contributed by atoms with van der Waals surface area (Å²) >= 11 is 0. The fourth-order valence-corrected chi connectivity index (χ4v) is 0.770. The minimum absolute atomic E-state index is 0.245. The molecule has 0 aliphatic carbocycles. The van der Waals surface area contributed by atoms with Gasteiger partial charge in [-0.15, -0.1) is 0 Å². The Balaban J connectivity index is 2.85. The van der Waals surface area contributed by atoms with Gasteiger partial charge < -0.3 is 5.11 Å². The second-order valence-electron chi connectivity index (χ2n) is 2.39. The van der Waals surface area contributed by atoms with Crippen LogP contribution in [0, 0.1) is 0 Å². The molecule has 1 unspecified atom stereocenters. The molecule has 0 amide bonds. The maximum Gasteiger partial charge on any atom is 0.418 e. The Morgan fingerprint density at radius 3 is 2.50 bits per heavy atom. The number of hydrogen-bond acceptors (Lipinski definition) is 2. The topological polar surface area (TPSA) is 38.0 Å². The molecule has 0 aliphatic rings. The van der Waals surface area contributed by atoms with Crippen LogP contribution in [0.4, 0.5) is 13.2 Å². The van der Waals surface area contributed by atoms with E-state index in [1.807, 2.05) is 0 Å². The van der Waals surface area contributed by atoms with Gasteiger partial charge in [0.2, 0.25) is 0 Å². The highest BCUT2D eigenvalue weighted by Crippen LogP contribution is 2.31. The number of nitrogens with zero attached hydrogens (tertiary/aromatic N) is 2.